The van der Waals surface area contributed by atoms with E-state index in [1.807, 2.05) is 169 Å². The first-order valence-corrected chi connectivity index (χ1v) is 43.0. The van der Waals surface area contributed by atoms with Gasteiger partial charge in [0.05, 0.1) is 33.5 Å². The maximum atomic E-state index is 5.41. The van der Waals surface area contributed by atoms with E-state index >= 15 is 0 Å². The van der Waals surface area contributed by atoms with Gasteiger partial charge in [0.25, 0.3) is 0 Å². The van der Waals surface area contributed by atoms with Gasteiger partial charge in [0.15, 0.2) is 34.9 Å². The maximum Gasteiger partial charge on any atom is 0.166 e. The second-order valence-electron chi connectivity index (χ2n) is 30.9. The lowest BCUT2D eigenvalue weighted by molar-refractivity contribution is 1.07. The van der Waals surface area contributed by atoms with Crippen LogP contribution >= 0.6 is 22.7 Å². The van der Waals surface area contributed by atoms with Crippen LogP contribution in [0.1, 0.15) is 0 Å². The SMILES string of the molecule is c1ccc(-c2cccc(-c3cnc(-c4ccc5sc6cc7c8ccccc8n(-c8ccccc8)c7cc6c5c4)c(-c4nc(-c5ccccc5)nc(-c5ccccc5)n4)c3)c2)cc1.c1ccc(-c2cccc(-c3cnc(-c4cccc5sc6cc7c8ccccc8n(-c8ccccc8)c7cc6c45)c(-c4nc(-c5ccccc5)nc(-c5ccccc5)n4)c3)c2)cc1. The Morgan fingerprint density at radius 1 is 0.177 bits per heavy atom. The molecular formula is C112H70N10S2. The van der Waals surface area contributed by atoms with Crippen LogP contribution in [-0.2, 0) is 0 Å². The fraction of sp³-hybridized carbons (Fsp3) is 0. The summed E-state index contributed by atoms with van der Waals surface area (Å²) in [4.78, 5) is 41.7. The van der Waals surface area contributed by atoms with E-state index in [9.17, 15) is 0 Å². The minimum atomic E-state index is 0.560. The molecular weight excluding hydrogens is 1550 g/mol. The fourth-order valence-corrected chi connectivity index (χ4v) is 19.7. The van der Waals surface area contributed by atoms with Gasteiger partial charge >= 0.3 is 0 Å². The molecule has 8 aromatic heterocycles. The molecule has 0 saturated carbocycles. The van der Waals surface area contributed by atoms with E-state index < -0.39 is 0 Å². The second kappa shape index (κ2) is 31.2. The summed E-state index contributed by atoms with van der Waals surface area (Å²) in [6.07, 6.45) is 3.98. The van der Waals surface area contributed by atoms with Crippen molar-refractivity contribution >= 4 is 107 Å². The largest absolute Gasteiger partial charge is 0.309 e. The molecule has 0 N–H and O–H groups in total. The molecule has 580 valence electrons. The van der Waals surface area contributed by atoms with Crippen molar-refractivity contribution in [2.75, 3.05) is 0 Å². The average molecular weight is 1620 g/mol. The standard InChI is InChI=1S/2C56H35N5S/c1-5-17-36(18-6-1)39-23-15-24-40(31-39)41-32-47(56-59-54(37-19-7-2-8-20-37)58-55(60-56)38-21-9-3-10-22-38)53(57-35-41)44-28-16-30-50-52(44)46-33-49-45(34-51(46)62-50)43-27-13-14-29-48(43)61(49)42-25-11-4-12-26-42;1-5-16-36(17-6-1)39-22-15-23-40(30-39)42-32-48(56-59-54(37-18-7-2-8-19-37)58-55(60-56)38-20-9-3-10-21-38)53(57-35-42)41-28-29-51-46(31-41)47-33-50-45(34-52(47)62-51)44-26-13-14-27-49(44)61(50)43-24-11-4-12-25-43/h2*1-35H. The van der Waals surface area contributed by atoms with Gasteiger partial charge < -0.3 is 9.13 Å². The quantitative estimate of drug-likeness (QED) is 0.106. The highest BCUT2D eigenvalue weighted by molar-refractivity contribution is 7.26. The molecule has 124 heavy (non-hydrogen) atoms. The van der Waals surface area contributed by atoms with Crippen molar-refractivity contribution in [3.63, 3.8) is 0 Å². The van der Waals surface area contributed by atoms with Crippen molar-refractivity contribution < 1.29 is 0 Å². The molecule has 16 aromatic carbocycles. The zero-order chi connectivity index (χ0) is 82.0. The van der Waals surface area contributed by atoms with E-state index in [2.05, 4.69) is 288 Å². The number of aromatic nitrogens is 10. The van der Waals surface area contributed by atoms with Crippen LogP contribution in [-0.4, -0.2) is 49.0 Å². The van der Waals surface area contributed by atoms with Gasteiger partial charge in [-0.2, -0.15) is 0 Å². The van der Waals surface area contributed by atoms with E-state index in [0.717, 1.165) is 117 Å². The zero-order valence-corrected chi connectivity index (χ0v) is 68.3. The van der Waals surface area contributed by atoms with Crippen LogP contribution in [0.4, 0.5) is 0 Å². The number of fused-ring (bicyclic) bond motifs is 12. The second-order valence-corrected chi connectivity index (χ2v) is 33.1. The summed E-state index contributed by atoms with van der Waals surface area (Å²) in [5.74, 6) is 3.54. The van der Waals surface area contributed by atoms with Crippen molar-refractivity contribution in [1.82, 2.24) is 49.0 Å². The average Bonchev–Trinajstić information content (AvgIpc) is 1.57. The lowest BCUT2D eigenvalue weighted by Crippen LogP contribution is -2.02. The Morgan fingerprint density at radius 3 is 0.984 bits per heavy atom. The molecule has 24 rings (SSSR count). The molecule has 0 spiro atoms. The number of pyridine rings is 2. The molecule has 12 heteroatoms. The number of nitrogens with zero attached hydrogens (tertiary/aromatic N) is 10. The van der Waals surface area contributed by atoms with Gasteiger partial charge in [-0.05, 0) is 137 Å². The third-order valence-electron chi connectivity index (χ3n) is 23.4. The van der Waals surface area contributed by atoms with Crippen LogP contribution in [0.5, 0.6) is 0 Å². The minimum absolute atomic E-state index is 0.560. The van der Waals surface area contributed by atoms with Crippen LogP contribution < -0.4 is 0 Å². The summed E-state index contributed by atoms with van der Waals surface area (Å²) in [6, 6.07) is 145. The highest BCUT2D eigenvalue weighted by Gasteiger charge is 2.26. The Hall–Kier alpha value is -16.1. The summed E-state index contributed by atoms with van der Waals surface area (Å²) in [6.45, 7) is 0. The van der Waals surface area contributed by atoms with E-state index in [4.69, 9.17) is 39.9 Å². The smallest absolute Gasteiger partial charge is 0.166 e. The Morgan fingerprint density at radius 2 is 0.524 bits per heavy atom. The monoisotopic (exact) mass is 1620 g/mol. The predicted octanol–water partition coefficient (Wildman–Crippen LogP) is 29.5. The van der Waals surface area contributed by atoms with E-state index in [1.54, 1.807) is 0 Å². The molecule has 24 aromatic rings. The molecule has 0 aliphatic carbocycles. The number of rotatable bonds is 14. The van der Waals surface area contributed by atoms with E-state index in [0.29, 0.717) is 34.9 Å². The molecule has 0 radical (unpaired) electrons. The summed E-state index contributed by atoms with van der Waals surface area (Å²) in [7, 11) is 0. The molecule has 0 aliphatic heterocycles. The number of hydrogen-bond acceptors (Lipinski definition) is 10. The van der Waals surface area contributed by atoms with Gasteiger partial charge in [0.2, 0.25) is 0 Å². The van der Waals surface area contributed by atoms with E-state index in [1.165, 1.54) is 78.6 Å². The van der Waals surface area contributed by atoms with Gasteiger partial charge in [-0.25, -0.2) is 29.9 Å². The van der Waals surface area contributed by atoms with Crippen molar-refractivity contribution in [2.24, 2.45) is 0 Å². The number of para-hydroxylation sites is 4. The molecule has 0 bridgehead atoms. The van der Waals surface area contributed by atoms with Crippen LogP contribution in [0.15, 0.2) is 425 Å². The molecule has 10 nitrogen and oxygen atoms in total. The van der Waals surface area contributed by atoms with Crippen LogP contribution in [0.3, 0.4) is 0 Å². The third kappa shape index (κ3) is 13.4. The molecule has 0 fully saturated rings. The first kappa shape index (κ1) is 73.1. The highest BCUT2D eigenvalue weighted by Crippen LogP contribution is 2.48. The Bertz CT molecular complexity index is 8090. The molecule has 0 saturated heterocycles. The van der Waals surface area contributed by atoms with Crippen molar-refractivity contribution in [2.45, 2.75) is 0 Å². The summed E-state index contributed by atoms with van der Waals surface area (Å²) < 4.78 is 9.67. The highest BCUT2D eigenvalue weighted by atomic mass is 32.1. The van der Waals surface area contributed by atoms with Crippen molar-refractivity contribution in [3.05, 3.63) is 425 Å². The summed E-state index contributed by atoms with van der Waals surface area (Å²) in [5.41, 5.74) is 24.6. The lowest BCUT2D eigenvalue weighted by Gasteiger charge is -2.14. The zero-order valence-electron chi connectivity index (χ0n) is 66.7. The van der Waals surface area contributed by atoms with Gasteiger partial charge in [-0.3, -0.25) is 9.97 Å². The Balaban J connectivity index is 0.000000143. The van der Waals surface area contributed by atoms with Crippen molar-refractivity contribution in [1.29, 1.82) is 0 Å². The first-order valence-electron chi connectivity index (χ1n) is 41.4. The van der Waals surface area contributed by atoms with Gasteiger partial charge in [-0.1, -0.05) is 309 Å². The summed E-state index contributed by atoms with van der Waals surface area (Å²) in [5, 5.41) is 9.71. The lowest BCUT2D eigenvalue weighted by atomic mass is 9.95. The Labute approximate surface area is 722 Å². The fourth-order valence-electron chi connectivity index (χ4n) is 17.5. The predicted molar refractivity (Wildman–Crippen MR) is 515 cm³/mol. The summed E-state index contributed by atoms with van der Waals surface area (Å²) >= 11 is 3.65. The number of benzene rings is 16. The number of thiophene rings is 2. The molecule has 0 atom stereocenters. The van der Waals surface area contributed by atoms with Crippen LogP contribution in [0.25, 0.3) is 231 Å². The first-order chi connectivity index (χ1) is 61.4. The molecule has 0 aliphatic rings. The van der Waals surface area contributed by atoms with Gasteiger partial charge in [0.1, 0.15) is 0 Å². The third-order valence-corrected chi connectivity index (χ3v) is 25.6. The Kier molecular flexibility index (Phi) is 18.4. The molecule has 8 heterocycles. The normalized spacial score (nSPS) is 11.5. The molecule has 0 unspecified atom stereocenters. The van der Waals surface area contributed by atoms with Crippen molar-refractivity contribution in [3.8, 4) is 147 Å². The minimum Gasteiger partial charge on any atom is -0.309 e. The molecule has 0 amide bonds. The topological polar surface area (TPSA) is 113 Å². The van der Waals surface area contributed by atoms with Crippen LogP contribution in [0.2, 0.25) is 0 Å². The number of hydrogen-bond donors (Lipinski definition) is 0. The van der Waals surface area contributed by atoms with E-state index in [-0.39, 0.29) is 0 Å². The maximum absolute atomic E-state index is 5.41. The van der Waals surface area contributed by atoms with Gasteiger partial charge in [0, 0.05) is 141 Å². The van der Waals surface area contributed by atoms with Gasteiger partial charge in [-0.15, -0.1) is 22.7 Å². The van der Waals surface area contributed by atoms with Crippen LogP contribution in [0, 0.1) is 0 Å².